The average Bonchev–Trinajstić information content (AvgIpc) is 2.44. The Balaban J connectivity index is 3.04. The lowest BCUT2D eigenvalue weighted by molar-refractivity contribution is 0.900. The van der Waals surface area contributed by atoms with Crippen molar-refractivity contribution in [2.45, 2.75) is 26.7 Å². The number of nitrogens with two attached hydrogens (primary N) is 1. The van der Waals surface area contributed by atoms with Crippen LogP contribution in [0.2, 0.25) is 0 Å². The minimum atomic E-state index is 0.765. The third kappa shape index (κ3) is 4.29. The molecule has 1 rings (SSSR count). The smallest absolute Gasteiger partial charge is 0.0393 e. The van der Waals surface area contributed by atoms with Gasteiger partial charge in [-0.3, -0.25) is 0 Å². The summed E-state index contributed by atoms with van der Waals surface area (Å²) in [5.41, 5.74) is 11.5. The molecule has 1 nitrogen and oxygen atoms in total. The van der Waals surface area contributed by atoms with Crippen LogP contribution in [-0.2, 0) is 0 Å². The predicted molar refractivity (Wildman–Crippen MR) is 86.5 cm³/mol. The summed E-state index contributed by atoms with van der Waals surface area (Å²) in [7, 11) is 0. The third-order valence-electron chi connectivity index (χ3n) is 3.13. The molecule has 0 aromatic heterocycles. The van der Waals surface area contributed by atoms with E-state index in [0.29, 0.717) is 0 Å². The Hall–Kier alpha value is -2.02. The zero-order chi connectivity index (χ0) is 14.3. The molecule has 19 heavy (non-hydrogen) atoms. The second-order valence-corrected chi connectivity index (χ2v) is 4.62. The molecule has 0 radical (unpaired) electrons. The van der Waals surface area contributed by atoms with Gasteiger partial charge in [-0.25, -0.2) is 0 Å². The molecular weight excluding hydrogens is 230 g/mol. The maximum Gasteiger partial charge on any atom is 0.0393 e. The lowest BCUT2D eigenvalue weighted by atomic mass is 10.0. The van der Waals surface area contributed by atoms with Gasteiger partial charge in [-0.15, -0.1) is 0 Å². The fraction of sp³-hybridized carbons (Fsp3) is 0.222. The first kappa shape index (κ1) is 15.0. The molecule has 1 heteroatoms. The summed E-state index contributed by atoms with van der Waals surface area (Å²) in [5.74, 6) is 0. The van der Waals surface area contributed by atoms with E-state index in [2.05, 4.69) is 27.0 Å². The Kier molecular flexibility index (Phi) is 5.87. The largest absolute Gasteiger partial charge is 0.398 e. The molecule has 0 aliphatic heterocycles. The maximum absolute atomic E-state index is 6.15. The Morgan fingerprint density at radius 3 is 2.32 bits per heavy atom. The first-order valence-corrected chi connectivity index (χ1v) is 6.64. The van der Waals surface area contributed by atoms with Gasteiger partial charge in [0.2, 0.25) is 0 Å². The Morgan fingerprint density at radius 2 is 1.84 bits per heavy atom. The quantitative estimate of drug-likeness (QED) is 0.714. The van der Waals surface area contributed by atoms with Gasteiger partial charge in [-0.2, -0.15) is 0 Å². The number of hydrogen-bond donors (Lipinski definition) is 1. The van der Waals surface area contributed by atoms with Gasteiger partial charge >= 0.3 is 0 Å². The number of hydrogen-bond acceptors (Lipinski definition) is 1. The average molecular weight is 253 g/mol. The van der Waals surface area contributed by atoms with E-state index in [1.165, 1.54) is 5.57 Å². The SMILES string of the molecule is C=CC(/C=C(\N)c1ccc(C=C)cc1)=C(/C)CCC. The van der Waals surface area contributed by atoms with Crippen LogP contribution in [-0.4, -0.2) is 0 Å². The van der Waals surface area contributed by atoms with E-state index in [1.807, 2.05) is 42.5 Å². The predicted octanol–water partition coefficient (Wildman–Crippen LogP) is 4.93. The summed E-state index contributed by atoms with van der Waals surface area (Å²) in [6.07, 6.45) is 7.90. The Morgan fingerprint density at radius 1 is 1.21 bits per heavy atom. The van der Waals surface area contributed by atoms with Crippen molar-refractivity contribution in [2.75, 3.05) is 0 Å². The minimum absolute atomic E-state index is 0.765. The van der Waals surface area contributed by atoms with Gasteiger partial charge < -0.3 is 5.73 Å². The van der Waals surface area contributed by atoms with E-state index in [1.54, 1.807) is 0 Å². The molecule has 2 N–H and O–H groups in total. The van der Waals surface area contributed by atoms with Crippen molar-refractivity contribution >= 4 is 11.8 Å². The highest BCUT2D eigenvalue weighted by Crippen LogP contribution is 2.18. The van der Waals surface area contributed by atoms with Crippen LogP contribution < -0.4 is 5.73 Å². The van der Waals surface area contributed by atoms with Gasteiger partial charge in [0.05, 0.1) is 0 Å². The van der Waals surface area contributed by atoms with Gasteiger partial charge in [0, 0.05) is 5.70 Å². The van der Waals surface area contributed by atoms with Crippen molar-refractivity contribution in [3.8, 4) is 0 Å². The monoisotopic (exact) mass is 253 g/mol. The molecule has 0 bridgehead atoms. The molecule has 0 amide bonds. The topological polar surface area (TPSA) is 26.0 Å². The number of benzene rings is 1. The zero-order valence-corrected chi connectivity index (χ0v) is 11.9. The van der Waals surface area contributed by atoms with Crippen LogP contribution in [0, 0.1) is 0 Å². The maximum atomic E-state index is 6.15. The third-order valence-corrected chi connectivity index (χ3v) is 3.13. The Labute approximate surface area is 116 Å². The molecule has 0 spiro atoms. The van der Waals surface area contributed by atoms with E-state index in [4.69, 9.17) is 5.73 Å². The normalized spacial score (nSPS) is 12.8. The van der Waals surface area contributed by atoms with Gasteiger partial charge in [-0.1, -0.05) is 68.5 Å². The summed E-state index contributed by atoms with van der Waals surface area (Å²) in [6, 6.07) is 8.05. The van der Waals surface area contributed by atoms with Gasteiger partial charge in [-0.05, 0) is 36.1 Å². The second kappa shape index (κ2) is 7.42. The Bertz CT molecular complexity index is 501. The standard InChI is InChI=1S/C18H23N/c1-5-8-14(4)16(7-3)13-18(19)17-11-9-15(6-2)10-12-17/h6-7,9-13H,2-3,5,8,19H2,1,4H3/b16-14+,18-13-. The van der Waals surface area contributed by atoms with E-state index in [0.717, 1.165) is 35.2 Å². The highest BCUT2D eigenvalue weighted by atomic mass is 14.6. The number of allylic oxidation sites excluding steroid dienone is 4. The first-order chi connectivity index (χ1) is 9.12. The zero-order valence-electron chi connectivity index (χ0n) is 11.9. The molecule has 0 aliphatic carbocycles. The van der Waals surface area contributed by atoms with E-state index >= 15 is 0 Å². The van der Waals surface area contributed by atoms with Crippen molar-refractivity contribution in [1.29, 1.82) is 0 Å². The van der Waals surface area contributed by atoms with Crippen LogP contribution in [0.3, 0.4) is 0 Å². The van der Waals surface area contributed by atoms with Gasteiger partial charge in [0.15, 0.2) is 0 Å². The minimum Gasteiger partial charge on any atom is -0.398 e. The molecule has 0 fully saturated rings. The molecule has 0 unspecified atom stereocenters. The van der Waals surface area contributed by atoms with Crippen LogP contribution >= 0.6 is 0 Å². The second-order valence-electron chi connectivity index (χ2n) is 4.62. The van der Waals surface area contributed by atoms with Gasteiger partial charge in [0.1, 0.15) is 0 Å². The molecule has 1 aromatic carbocycles. The molecule has 1 aromatic rings. The van der Waals surface area contributed by atoms with Gasteiger partial charge in [0.25, 0.3) is 0 Å². The van der Waals surface area contributed by atoms with Crippen LogP contribution in [0.15, 0.2) is 60.7 Å². The van der Waals surface area contributed by atoms with E-state index in [-0.39, 0.29) is 0 Å². The van der Waals surface area contributed by atoms with Crippen molar-refractivity contribution < 1.29 is 0 Å². The van der Waals surface area contributed by atoms with Crippen molar-refractivity contribution in [3.05, 3.63) is 71.8 Å². The summed E-state index contributed by atoms with van der Waals surface area (Å²) in [6.45, 7) is 11.9. The summed E-state index contributed by atoms with van der Waals surface area (Å²) < 4.78 is 0. The van der Waals surface area contributed by atoms with Crippen molar-refractivity contribution in [2.24, 2.45) is 5.73 Å². The highest BCUT2D eigenvalue weighted by molar-refractivity contribution is 5.67. The first-order valence-electron chi connectivity index (χ1n) is 6.64. The molecule has 0 atom stereocenters. The summed E-state index contributed by atoms with van der Waals surface area (Å²) in [4.78, 5) is 0. The van der Waals surface area contributed by atoms with Crippen LogP contribution in [0.1, 0.15) is 37.8 Å². The molecule has 100 valence electrons. The molecule has 0 heterocycles. The van der Waals surface area contributed by atoms with Crippen molar-refractivity contribution in [3.63, 3.8) is 0 Å². The van der Waals surface area contributed by atoms with E-state index in [9.17, 15) is 0 Å². The number of rotatable bonds is 6. The molecule has 0 saturated carbocycles. The summed E-state index contributed by atoms with van der Waals surface area (Å²) in [5, 5.41) is 0. The molecular formula is C18H23N. The lowest BCUT2D eigenvalue weighted by Gasteiger charge is -2.06. The lowest BCUT2D eigenvalue weighted by Crippen LogP contribution is -1.97. The fourth-order valence-electron chi connectivity index (χ4n) is 1.94. The molecule has 0 saturated heterocycles. The van der Waals surface area contributed by atoms with E-state index < -0.39 is 0 Å². The van der Waals surface area contributed by atoms with Crippen LogP contribution in [0.5, 0.6) is 0 Å². The van der Waals surface area contributed by atoms with Crippen LogP contribution in [0.25, 0.3) is 11.8 Å². The highest BCUT2D eigenvalue weighted by Gasteiger charge is 2.00. The van der Waals surface area contributed by atoms with Crippen molar-refractivity contribution in [1.82, 2.24) is 0 Å². The molecule has 0 aliphatic rings. The summed E-state index contributed by atoms with van der Waals surface area (Å²) >= 11 is 0. The van der Waals surface area contributed by atoms with Crippen LogP contribution in [0.4, 0.5) is 0 Å². The fourth-order valence-corrected chi connectivity index (χ4v) is 1.94.